The highest BCUT2D eigenvalue weighted by Gasteiger charge is 2.22. The van der Waals surface area contributed by atoms with Crippen LogP contribution in [-0.4, -0.2) is 23.2 Å². The standard InChI is InChI=1S/C13H21N3O/c1-13(2,3)11-8-10(15-12(14)16-11)9-4-6-17-7-5-9/h8-9H,4-7H2,1-3H3,(H2,14,15,16). The lowest BCUT2D eigenvalue weighted by Crippen LogP contribution is -2.20. The molecule has 0 spiro atoms. The van der Waals surface area contributed by atoms with Crippen LogP contribution in [0.3, 0.4) is 0 Å². The van der Waals surface area contributed by atoms with Gasteiger partial charge in [-0.2, -0.15) is 0 Å². The Kier molecular flexibility index (Phi) is 3.33. The third kappa shape index (κ3) is 2.94. The number of nitrogens with two attached hydrogens (primary N) is 1. The highest BCUT2D eigenvalue weighted by Crippen LogP contribution is 2.29. The van der Waals surface area contributed by atoms with Crippen molar-refractivity contribution in [3.8, 4) is 0 Å². The molecule has 17 heavy (non-hydrogen) atoms. The van der Waals surface area contributed by atoms with E-state index in [2.05, 4.69) is 36.8 Å². The zero-order valence-corrected chi connectivity index (χ0v) is 10.9. The number of nitrogens with zero attached hydrogens (tertiary/aromatic N) is 2. The topological polar surface area (TPSA) is 61.0 Å². The van der Waals surface area contributed by atoms with Gasteiger partial charge < -0.3 is 10.5 Å². The van der Waals surface area contributed by atoms with E-state index >= 15 is 0 Å². The summed E-state index contributed by atoms with van der Waals surface area (Å²) in [6.45, 7) is 8.06. The lowest BCUT2D eigenvalue weighted by atomic mass is 9.89. The highest BCUT2D eigenvalue weighted by atomic mass is 16.5. The van der Waals surface area contributed by atoms with Gasteiger partial charge in [-0.3, -0.25) is 0 Å². The maximum atomic E-state index is 5.81. The molecule has 4 heteroatoms. The molecule has 1 aliphatic heterocycles. The fourth-order valence-electron chi connectivity index (χ4n) is 2.07. The summed E-state index contributed by atoms with van der Waals surface area (Å²) in [5, 5.41) is 0. The molecule has 0 bridgehead atoms. The van der Waals surface area contributed by atoms with Crippen LogP contribution in [0.1, 0.15) is 50.9 Å². The molecule has 0 atom stereocenters. The van der Waals surface area contributed by atoms with Crippen molar-refractivity contribution in [1.82, 2.24) is 9.97 Å². The molecule has 1 aliphatic rings. The van der Waals surface area contributed by atoms with Crippen LogP contribution >= 0.6 is 0 Å². The number of hydrogen-bond acceptors (Lipinski definition) is 4. The summed E-state index contributed by atoms with van der Waals surface area (Å²) >= 11 is 0. The van der Waals surface area contributed by atoms with Gasteiger partial charge in [0.1, 0.15) is 0 Å². The quantitative estimate of drug-likeness (QED) is 0.811. The normalized spacial score (nSPS) is 18.3. The first-order chi connectivity index (χ1) is 7.97. The second-order valence-electron chi connectivity index (χ2n) is 5.67. The smallest absolute Gasteiger partial charge is 0.220 e. The Hall–Kier alpha value is -1.16. The van der Waals surface area contributed by atoms with E-state index in [4.69, 9.17) is 10.5 Å². The van der Waals surface area contributed by atoms with Crippen molar-refractivity contribution in [2.45, 2.75) is 44.9 Å². The maximum Gasteiger partial charge on any atom is 0.220 e. The van der Waals surface area contributed by atoms with Gasteiger partial charge in [0.15, 0.2) is 0 Å². The highest BCUT2D eigenvalue weighted by molar-refractivity contribution is 5.28. The second kappa shape index (κ2) is 4.61. The van der Waals surface area contributed by atoms with Gasteiger partial charge in [0.05, 0.1) is 5.69 Å². The summed E-state index contributed by atoms with van der Waals surface area (Å²) in [5.41, 5.74) is 7.91. The van der Waals surface area contributed by atoms with E-state index in [0.717, 1.165) is 37.4 Å². The van der Waals surface area contributed by atoms with Gasteiger partial charge in [0, 0.05) is 30.2 Å². The van der Waals surface area contributed by atoms with Gasteiger partial charge in [-0.1, -0.05) is 20.8 Å². The van der Waals surface area contributed by atoms with Crippen LogP contribution in [0, 0.1) is 0 Å². The summed E-state index contributed by atoms with van der Waals surface area (Å²) in [6.07, 6.45) is 2.06. The Morgan fingerprint density at radius 3 is 2.47 bits per heavy atom. The van der Waals surface area contributed by atoms with Gasteiger partial charge in [-0.05, 0) is 18.9 Å². The average Bonchev–Trinajstić information content (AvgIpc) is 2.28. The number of aromatic nitrogens is 2. The number of nitrogen functional groups attached to an aromatic ring is 1. The summed E-state index contributed by atoms with van der Waals surface area (Å²) < 4.78 is 5.37. The monoisotopic (exact) mass is 235 g/mol. The SMILES string of the molecule is CC(C)(C)c1cc(C2CCOCC2)nc(N)n1. The minimum atomic E-state index is 0.0109. The summed E-state index contributed by atoms with van der Waals surface area (Å²) in [4.78, 5) is 8.72. The molecule has 0 aromatic carbocycles. The van der Waals surface area contributed by atoms with Gasteiger partial charge in [-0.25, -0.2) is 9.97 Å². The van der Waals surface area contributed by atoms with E-state index in [0.29, 0.717) is 11.9 Å². The van der Waals surface area contributed by atoms with E-state index in [-0.39, 0.29) is 5.41 Å². The lowest BCUT2D eigenvalue weighted by Gasteiger charge is -2.24. The summed E-state index contributed by atoms with van der Waals surface area (Å²) in [7, 11) is 0. The molecule has 0 unspecified atom stereocenters. The van der Waals surface area contributed by atoms with Crippen LogP contribution in [0.4, 0.5) is 5.95 Å². The first-order valence-corrected chi connectivity index (χ1v) is 6.19. The Labute approximate surface area is 103 Å². The van der Waals surface area contributed by atoms with E-state index < -0.39 is 0 Å². The molecule has 2 N–H and O–H groups in total. The summed E-state index contributed by atoms with van der Waals surface area (Å²) in [6, 6.07) is 2.10. The Balaban J connectivity index is 2.31. The molecular formula is C13H21N3O. The molecule has 1 aromatic rings. The Morgan fingerprint density at radius 2 is 1.88 bits per heavy atom. The summed E-state index contributed by atoms with van der Waals surface area (Å²) in [5.74, 6) is 0.856. The van der Waals surface area contributed by atoms with Crippen molar-refractivity contribution < 1.29 is 4.74 Å². The van der Waals surface area contributed by atoms with E-state index in [1.54, 1.807) is 0 Å². The van der Waals surface area contributed by atoms with Crippen molar-refractivity contribution in [3.05, 3.63) is 17.5 Å². The Bertz CT molecular complexity index is 392. The molecule has 1 saturated heterocycles. The van der Waals surface area contributed by atoms with Gasteiger partial charge in [-0.15, -0.1) is 0 Å². The molecule has 0 aliphatic carbocycles. The van der Waals surface area contributed by atoms with E-state index in [1.165, 1.54) is 0 Å². The minimum Gasteiger partial charge on any atom is -0.381 e. The fourth-order valence-corrected chi connectivity index (χ4v) is 2.07. The van der Waals surface area contributed by atoms with Crippen LogP contribution < -0.4 is 5.73 Å². The molecule has 0 saturated carbocycles. The van der Waals surface area contributed by atoms with Crippen LogP contribution in [0.25, 0.3) is 0 Å². The van der Waals surface area contributed by atoms with Crippen LogP contribution in [0.15, 0.2) is 6.07 Å². The first-order valence-electron chi connectivity index (χ1n) is 6.19. The molecule has 0 radical (unpaired) electrons. The Morgan fingerprint density at radius 1 is 1.24 bits per heavy atom. The van der Waals surface area contributed by atoms with Crippen molar-refractivity contribution in [2.75, 3.05) is 18.9 Å². The van der Waals surface area contributed by atoms with Gasteiger partial charge >= 0.3 is 0 Å². The number of hydrogen-bond donors (Lipinski definition) is 1. The minimum absolute atomic E-state index is 0.0109. The zero-order chi connectivity index (χ0) is 12.5. The molecule has 94 valence electrons. The zero-order valence-electron chi connectivity index (χ0n) is 10.9. The van der Waals surface area contributed by atoms with Crippen molar-refractivity contribution in [1.29, 1.82) is 0 Å². The maximum absolute atomic E-state index is 5.81. The van der Waals surface area contributed by atoms with Gasteiger partial charge in [0.25, 0.3) is 0 Å². The molecule has 0 amide bonds. The number of rotatable bonds is 1. The van der Waals surface area contributed by atoms with Crippen LogP contribution in [0.5, 0.6) is 0 Å². The van der Waals surface area contributed by atoms with Crippen LogP contribution in [0.2, 0.25) is 0 Å². The molecule has 2 rings (SSSR count). The van der Waals surface area contributed by atoms with Gasteiger partial charge in [0.2, 0.25) is 5.95 Å². The lowest BCUT2D eigenvalue weighted by molar-refractivity contribution is 0.0844. The van der Waals surface area contributed by atoms with Crippen molar-refractivity contribution in [2.24, 2.45) is 0 Å². The van der Waals surface area contributed by atoms with E-state index in [1.807, 2.05) is 0 Å². The number of ether oxygens (including phenoxy) is 1. The predicted molar refractivity (Wildman–Crippen MR) is 67.9 cm³/mol. The molecule has 4 nitrogen and oxygen atoms in total. The molecular weight excluding hydrogens is 214 g/mol. The second-order valence-corrected chi connectivity index (χ2v) is 5.67. The third-order valence-electron chi connectivity index (χ3n) is 3.17. The third-order valence-corrected chi connectivity index (χ3v) is 3.17. The predicted octanol–water partition coefficient (Wildman–Crippen LogP) is 2.25. The molecule has 2 heterocycles. The first kappa shape index (κ1) is 12.3. The fraction of sp³-hybridized carbons (Fsp3) is 0.692. The van der Waals surface area contributed by atoms with Crippen LogP contribution in [-0.2, 0) is 10.2 Å². The van der Waals surface area contributed by atoms with E-state index in [9.17, 15) is 0 Å². The van der Waals surface area contributed by atoms with Crippen molar-refractivity contribution in [3.63, 3.8) is 0 Å². The molecule has 1 fully saturated rings. The number of anilines is 1. The molecule has 1 aromatic heterocycles. The van der Waals surface area contributed by atoms with Crippen molar-refractivity contribution >= 4 is 5.95 Å². The largest absolute Gasteiger partial charge is 0.381 e. The average molecular weight is 235 g/mol.